The summed E-state index contributed by atoms with van der Waals surface area (Å²) >= 11 is 6.10. The molecule has 0 fully saturated rings. The lowest BCUT2D eigenvalue weighted by Crippen LogP contribution is -2.51. The Hall–Kier alpha value is -1.84. The van der Waals surface area contributed by atoms with Crippen LogP contribution in [0.4, 0.5) is 0 Å². The number of hydrogen-bond acceptors (Lipinski definition) is 2. The molecule has 3 nitrogen and oxygen atoms in total. The fourth-order valence-corrected chi connectivity index (χ4v) is 3.37. The molecular formula is C21H27ClN2O. The monoisotopic (exact) mass is 358 g/mol. The lowest BCUT2D eigenvalue weighted by atomic mass is 9.87. The van der Waals surface area contributed by atoms with Gasteiger partial charge in [0.25, 0.3) is 5.91 Å². The van der Waals surface area contributed by atoms with Crippen LogP contribution in [0.25, 0.3) is 0 Å². The number of nitrogens with one attached hydrogen (secondary N) is 1. The maximum absolute atomic E-state index is 13.1. The van der Waals surface area contributed by atoms with Gasteiger partial charge in [-0.15, -0.1) is 0 Å². The number of amides is 1. The van der Waals surface area contributed by atoms with Gasteiger partial charge in [-0.25, -0.2) is 0 Å². The number of nitrogens with zero attached hydrogens (tertiary/aromatic N) is 1. The Labute approximate surface area is 156 Å². The molecule has 1 amide bonds. The van der Waals surface area contributed by atoms with E-state index in [1.807, 2.05) is 58.3 Å². The van der Waals surface area contributed by atoms with Crippen molar-refractivity contribution in [2.75, 3.05) is 14.1 Å². The summed E-state index contributed by atoms with van der Waals surface area (Å²) in [6.45, 7) is 8.10. The smallest absolute Gasteiger partial charge is 0.252 e. The van der Waals surface area contributed by atoms with Crippen LogP contribution in [0.15, 0.2) is 42.5 Å². The summed E-state index contributed by atoms with van der Waals surface area (Å²) in [6, 6.07) is 13.6. The van der Waals surface area contributed by atoms with E-state index in [1.165, 1.54) is 0 Å². The van der Waals surface area contributed by atoms with E-state index in [-0.39, 0.29) is 17.5 Å². The molecule has 0 bridgehead atoms. The molecule has 134 valence electrons. The molecule has 4 heteroatoms. The molecule has 2 aromatic carbocycles. The largest absolute Gasteiger partial charge is 0.343 e. The van der Waals surface area contributed by atoms with Crippen molar-refractivity contribution in [3.05, 3.63) is 69.7 Å². The van der Waals surface area contributed by atoms with Crippen LogP contribution < -0.4 is 5.32 Å². The molecule has 0 aliphatic heterocycles. The van der Waals surface area contributed by atoms with Gasteiger partial charge in [0, 0.05) is 16.1 Å². The first kappa shape index (κ1) is 19.5. The van der Waals surface area contributed by atoms with E-state index in [1.54, 1.807) is 0 Å². The quantitative estimate of drug-likeness (QED) is 0.835. The van der Waals surface area contributed by atoms with Crippen molar-refractivity contribution in [3.63, 3.8) is 0 Å². The lowest BCUT2D eigenvalue weighted by molar-refractivity contribution is 0.0839. The predicted molar refractivity (Wildman–Crippen MR) is 105 cm³/mol. The molecule has 0 aliphatic carbocycles. The van der Waals surface area contributed by atoms with Gasteiger partial charge in [0.15, 0.2) is 0 Å². The minimum atomic E-state index is -0.259. The third kappa shape index (κ3) is 4.23. The topological polar surface area (TPSA) is 32.3 Å². The fraction of sp³-hybridized carbons (Fsp3) is 0.381. The second kappa shape index (κ2) is 7.59. The molecule has 1 unspecified atom stereocenters. The van der Waals surface area contributed by atoms with Gasteiger partial charge >= 0.3 is 0 Å². The summed E-state index contributed by atoms with van der Waals surface area (Å²) in [6.07, 6.45) is 0. The average molecular weight is 359 g/mol. The van der Waals surface area contributed by atoms with Crippen molar-refractivity contribution in [2.24, 2.45) is 0 Å². The van der Waals surface area contributed by atoms with Crippen molar-refractivity contribution >= 4 is 17.5 Å². The molecule has 2 rings (SSSR count). The molecule has 0 aliphatic rings. The summed E-state index contributed by atoms with van der Waals surface area (Å²) in [7, 11) is 4.06. The Morgan fingerprint density at radius 2 is 1.60 bits per heavy atom. The summed E-state index contributed by atoms with van der Waals surface area (Å²) in [5.41, 5.74) is 3.29. The normalized spacial score (nSPS) is 13.0. The van der Waals surface area contributed by atoms with Crippen LogP contribution in [-0.4, -0.2) is 30.4 Å². The van der Waals surface area contributed by atoms with Crippen LogP contribution in [0.2, 0.25) is 5.02 Å². The number of aryl methyl sites for hydroxylation is 2. The molecule has 25 heavy (non-hydrogen) atoms. The van der Waals surface area contributed by atoms with Gasteiger partial charge in [-0.2, -0.15) is 0 Å². The van der Waals surface area contributed by atoms with E-state index in [4.69, 9.17) is 11.6 Å². The van der Waals surface area contributed by atoms with Crippen molar-refractivity contribution in [3.8, 4) is 0 Å². The SMILES string of the molecule is Cc1cc(Cl)cc(C)c1C(=O)NC(c1ccccc1)C(C)(C)N(C)C. The Morgan fingerprint density at radius 1 is 1.08 bits per heavy atom. The third-order valence-electron chi connectivity index (χ3n) is 4.99. The fourth-order valence-electron chi connectivity index (χ4n) is 3.04. The zero-order valence-electron chi connectivity index (χ0n) is 15.9. The van der Waals surface area contributed by atoms with Crippen molar-refractivity contribution in [1.29, 1.82) is 0 Å². The molecule has 0 heterocycles. The van der Waals surface area contributed by atoms with Crippen LogP contribution in [-0.2, 0) is 0 Å². The van der Waals surface area contributed by atoms with E-state index in [2.05, 4.69) is 36.2 Å². The van der Waals surface area contributed by atoms with E-state index < -0.39 is 0 Å². The van der Waals surface area contributed by atoms with Crippen LogP contribution >= 0.6 is 11.6 Å². The van der Waals surface area contributed by atoms with Gasteiger partial charge in [0.1, 0.15) is 0 Å². The van der Waals surface area contributed by atoms with Crippen LogP contribution in [0.3, 0.4) is 0 Å². The highest BCUT2D eigenvalue weighted by molar-refractivity contribution is 6.30. The summed E-state index contributed by atoms with van der Waals surface area (Å²) in [5, 5.41) is 3.90. The maximum Gasteiger partial charge on any atom is 0.252 e. The van der Waals surface area contributed by atoms with Crippen LogP contribution in [0.1, 0.15) is 46.9 Å². The van der Waals surface area contributed by atoms with Gasteiger partial charge in [-0.05, 0) is 70.6 Å². The minimum Gasteiger partial charge on any atom is -0.343 e. The van der Waals surface area contributed by atoms with E-state index >= 15 is 0 Å². The minimum absolute atomic E-state index is 0.0737. The van der Waals surface area contributed by atoms with Gasteiger partial charge in [-0.1, -0.05) is 41.9 Å². The average Bonchev–Trinajstić information content (AvgIpc) is 2.52. The summed E-state index contributed by atoms with van der Waals surface area (Å²) < 4.78 is 0. The number of hydrogen-bond donors (Lipinski definition) is 1. The van der Waals surface area contributed by atoms with Crippen molar-refractivity contribution < 1.29 is 4.79 Å². The Morgan fingerprint density at radius 3 is 2.08 bits per heavy atom. The molecule has 1 atom stereocenters. The zero-order valence-corrected chi connectivity index (χ0v) is 16.6. The lowest BCUT2D eigenvalue weighted by Gasteiger charge is -2.41. The second-order valence-corrected chi connectivity index (χ2v) is 7.72. The predicted octanol–water partition coefficient (Wildman–Crippen LogP) is 4.77. The maximum atomic E-state index is 13.1. The number of carbonyl (C=O) groups excluding carboxylic acids is 1. The van der Waals surface area contributed by atoms with Crippen molar-refractivity contribution in [2.45, 2.75) is 39.3 Å². The number of likely N-dealkylation sites (N-methyl/N-ethyl adjacent to an activating group) is 1. The van der Waals surface area contributed by atoms with Gasteiger partial charge in [0.2, 0.25) is 0 Å². The van der Waals surface area contributed by atoms with Crippen LogP contribution in [0, 0.1) is 13.8 Å². The van der Waals surface area contributed by atoms with E-state index in [0.29, 0.717) is 10.6 Å². The number of benzene rings is 2. The van der Waals surface area contributed by atoms with Gasteiger partial charge < -0.3 is 10.2 Å². The third-order valence-corrected chi connectivity index (χ3v) is 5.21. The molecular weight excluding hydrogens is 332 g/mol. The Bertz CT molecular complexity index is 731. The number of carbonyl (C=O) groups is 1. The highest BCUT2D eigenvalue weighted by atomic mass is 35.5. The highest BCUT2D eigenvalue weighted by Crippen LogP contribution is 2.30. The second-order valence-electron chi connectivity index (χ2n) is 7.28. The standard InChI is InChI=1S/C21H27ClN2O/c1-14-12-17(22)13-15(2)18(14)20(25)23-19(21(3,4)24(5)6)16-10-8-7-9-11-16/h7-13,19H,1-6H3,(H,23,25). The summed E-state index contributed by atoms with van der Waals surface area (Å²) in [5.74, 6) is -0.0737. The van der Waals surface area contributed by atoms with Crippen molar-refractivity contribution in [1.82, 2.24) is 10.2 Å². The Kier molecular flexibility index (Phi) is 5.91. The highest BCUT2D eigenvalue weighted by Gasteiger charge is 2.34. The molecule has 0 spiro atoms. The van der Waals surface area contributed by atoms with Gasteiger partial charge in [-0.3, -0.25) is 4.79 Å². The number of halogens is 1. The van der Waals surface area contributed by atoms with Crippen LogP contribution in [0.5, 0.6) is 0 Å². The summed E-state index contributed by atoms with van der Waals surface area (Å²) in [4.78, 5) is 15.2. The first-order chi connectivity index (χ1) is 11.6. The molecule has 2 aromatic rings. The van der Waals surface area contributed by atoms with E-state index in [9.17, 15) is 4.79 Å². The van der Waals surface area contributed by atoms with E-state index in [0.717, 1.165) is 16.7 Å². The molecule has 1 N–H and O–H groups in total. The molecule has 0 radical (unpaired) electrons. The first-order valence-corrected chi connectivity index (χ1v) is 8.82. The zero-order chi connectivity index (χ0) is 18.8. The van der Waals surface area contributed by atoms with Gasteiger partial charge in [0.05, 0.1) is 6.04 Å². The molecule has 0 saturated carbocycles. The first-order valence-electron chi connectivity index (χ1n) is 8.44. The molecule has 0 aromatic heterocycles. The Balaban J connectivity index is 2.43. The number of rotatable bonds is 5. The molecule has 0 saturated heterocycles.